The van der Waals surface area contributed by atoms with Gasteiger partial charge in [-0.1, -0.05) is 0 Å². The van der Waals surface area contributed by atoms with Crippen molar-refractivity contribution in [3.63, 3.8) is 0 Å². The molecule has 0 aliphatic rings. The molecule has 5 nitrogen and oxygen atoms in total. The van der Waals surface area contributed by atoms with Gasteiger partial charge < -0.3 is 4.74 Å². The van der Waals surface area contributed by atoms with Gasteiger partial charge in [0.25, 0.3) is 11.3 Å². The van der Waals surface area contributed by atoms with Crippen LogP contribution in [0.15, 0.2) is 24.3 Å². The summed E-state index contributed by atoms with van der Waals surface area (Å²) in [5, 5.41) is 10.4. The highest BCUT2D eigenvalue weighted by atomic mass is 19.4. The fourth-order valence-corrected chi connectivity index (χ4v) is 1.13. The average Bonchev–Trinajstić information content (AvgIpc) is 2.37. The number of non-ortho nitro benzene ring substituents is 1. The zero-order valence-electron chi connectivity index (χ0n) is 10.1. The smallest absolute Gasteiger partial charge is 0.433 e. The van der Waals surface area contributed by atoms with E-state index in [2.05, 4.69) is 4.74 Å². The number of hydrogen-bond donors (Lipinski definition) is 0. The number of rotatable bonds is 3. The fourth-order valence-electron chi connectivity index (χ4n) is 1.13. The maximum Gasteiger partial charge on any atom is 0.439 e. The molecule has 0 fully saturated rings. The first-order valence-corrected chi connectivity index (χ1v) is 5.13. The summed E-state index contributed by atoms with van der Waals surface area (Å²) in [6.45, 7) is 0.538. The number of alkyl halides is 3. The summed E-state index contributed by atoms with van der Waals surface area (Å²) in [6, 6.07) is 3.90. The summed E-state index contributed by atoms with van der Waals surface area (Å²) in [4.78, 5) is 21.3. The van der Waals surface area contributed by atoms with Crippen LogP contribution in [0.2, 0.25) is 0 Å². The molecule has 0 saturated carbocycles. The van der Waals surface area contributed by atoms with E-state index >= 15 is 0 Å². The second-order valence-corrected chi connectivity index (χ2v) is 3.87. The molecule has 1 rings (SSSR count). The van der Waals surface area contributed by atoms with E-state index in [-0.39, 0.29) is 11.3 Å². The zero-order chi connectivity index (χ0) is 15.6. The van der Waals surface area contributed by atoms with Gasteiger partial charge in [-0.2, -0.15) is 13.2 Å². The van der Waals surface area contributed by atoms with Gasteiger partial charge in [0.05, 0.1) is 10.5 Å². The first kappa shape index (κ1) is 15.5. The number of nitrogens with zero attached hydrogens (tertiary/aromatic N) is 1. The number of carbonyl (C=O) groups is 1. The van der Waals surface area contributed by atoms with Crippen LogP contribution in [-0.2, 0) is 4.74 Å². The summed E-state index contributed by atoms with van der Waals surface area (Å²) < 4.78 is 42.2. The van der Waals surface area contributed by atoms with Gasteiger partial charge in [0.1, 0.15) is 0 Å². The largest absolute Gasteiger partial charge is 0.439 e. The van der Waals surface area contributed by atoms with Crippen LogP contribution in [-0.4, -0.2) is 22.7 Å². The SMILES string of the molecule is C#CC(C)(OC(=O)c1ccc([N+](=O)[O-])cc1)C(F)(F)F. The Labute approximate surface area is 111 Å². The van der Waals surface area contributed by atoms with Crippen molar-refractivity contribution in [3.05, 3.63) is 39.9 Å². The van der Waals surface area contributed by atoms with Gasteiger partial charge in [0.15, 0.2) is 0 Å². The van der Waals surface area contributed by atoms with E-state index in [0.29, 0.717) is 6.92 Å². The maximum atomic E-state index is 12.6. The van der Waals surface area contributed by atoms with Crippen molar-refractivity contribution in [2.45, 2.75) is 18.7 Å². The normalized spacial score (nSPS) is 13.9. The Morgan fingerprint density at radius 2 is 1.85 bits per heavy atom. The lowest BCUT2D eigenvalue weighted by Crippen LogP contribution is -2.45. The van der Waals surface area contributed by atoms with E-state index in [1.807, 2.05) is 0 Å². The van der Waals surface area contributed by atoms with Crippen LogP contribution < -0.4 is 0 Å². The highest BCUT2D eigenvalue weighted by Crippen LogP contribution is 2.33. The number of nitro groups is 1. The predicted molar refractivity (Wildman–Crippen MR) is 61.8 cm³/mol. The van der Waals surface area contributed by atoms with E-state index < -0.39 is 22.7 Å². The summed E-state index contributed by atoms with van der Waals surface area (Å²) in [7, 11) is 0. The van der Waals surface area contributed by atoms with Crippen LogP contribution >= 0.6 is 0 Å². The molecule has 20 heavy (non-hydrogen) atoms. The first-order valence-electron chi connectivity index (χ1n) is 5.13. The van der Waals surface area contributed by atoms with Crippen molar-refractivity contribution in [2.24, 2.45) is 0 Å². The maximum absolute atomic E-state index is 12.6. The van der Waals surface area contributed by atoms with Crippen LogP contribution in [0.3, 0.4) is 0 Å². The summed E-state index contributed by atoms with van der Waals surface area (Å²) in [5.41, 5.74) is -3.65. The van der Waals surface area contributed by atoms with Crippen molar-refractivity contribution < 1.29 is 27.6 Å². The lowest BCUT2D eigenvalue weighted by Gasteiger charge is -2.26. The number of halogens is 3. The van der Waals surface area contributed by atoms with Crippen LogP contribution in [0.1, 0.15) is 17.3 Å². The minimum atomic E-state index is -4.93. The van der Waals surface area contributed by atoms with Crippen molar-refractivity contribution in [2.75, 3.05) is 0 Å². The second-order valence-electron chi connectivity index (χ2n) is 3.87. The van der Waals surface area contributed by atoms with Crippen molar-refractivity contribution in [1.29, 1.82) is 0 Å². The molecule has 1 unspecified atom stereocenters. The molecule has 0 aliphatic heterocycles. The highest BCUT2D eigenvalue weighted by molar-refractivity contribution is 5.90. The molecule has 0 bridgehead atoms. The van der Waals surface area contributed by atoms with E-state index in [4.69, 9.17) is 6.42 Å². The highest BCUT2D eigenvalue weighted by Gasteiger charge is 2.53. The van der Waals surface area contributed by atoms with Crippen LogP contribution in [0, 0.1) is 22.5 Å². The van der Waals surface area contributed by atoms with Crippen molar-refractivity contribution in [3.8, 4) is 12.3 Å². The molecular formula is C12H8F3NO4. The van der Waals surface area contributed by atoms with Crippen LogP contribution in [0.5, 0.6) is 0 Å². The molecule has 106 valence electrons. The lowest BCUT2D eigenvalue weighted by molar-refractivity contribution is -0.384. The molecule has 1 aromatic carbocycles. The first-order chi connectivity index (χ1) is 9.10. The number of ether oxygens (including phenoxy) is 1. The summed E-state index contributed by atoms with van der Waals surface area (Å²) in [5.74, 6) is 0.0508. The molecule has 8 heteroatoms. The summed E-state index contributed by atoms with van der Waals surface area (Å²) >= 11 is 0. The standard InChI is InChI=1S/C12H8F3NO4/c1-3-11(2,12(13,14)15)20-10(17)8-4-6-9(7-5-8)16(18)19/h1,4-7H,2H3. The van der Waals surface area contributed by atoms with Gasteiger partial charge in [-0.25, -0.2) is 4.79 Å². The molecule has 0 spiro atoms. The number of hydrogen-bond acceptors (Lipinski definition) is 4. The number of carbonyl (C=O) groups excluding carboxylic acids is 1. The topological polar surface area (TPSA) is 69.4 Å². The Morgan fingerprint density at radius 3 is 2.20 bits per heavy atom. The van der Waals surface area contributed by atoms with Crippen LogP contribution in [0.25, 0.3) is 0 Å². The predicted octanol–water partition coefficient (Wildman–Crippen LogP) is 2.71. The number of esters is 1. The molecule has 0 amide bonds. The fraction of sp³-hybridized carbons (Fsp3) is 0.250. The molecule has 0 aliphatic carbocycles. The lowest BCUT2D eigenvalue weighted by atomic mass is 10.1. The van der Waals surface area contributed by atoms with Crippen molar-refractivity contribution >= 4 is 11.7 Å². The van der Waals surface area contributed by atoms with Gasteiger partial charge in [0, 0.05) is 12.1 Å². The van der Waals surface area contributed by atoms with Gasteiger partial charge in [0.2, 0.25) is 0 Å². The van der Waals surface area contributed by atoms with Crippen LogP contribution in [0.4, 0.5) is 18.9 Å². The molecule has 1 aromatic rings. The molecule has 0 radical (unpaired) electrons. The van der Waals surface area contributed by atoms with E-state index in [0.717, 1.165) is 24.3 Å². The third-order valence-electron chi connectivity index (χ3n) is 2.43. The zero-order valence-corrected chi connectivity index (χ0v) is 10.1. The minimum Gasteiger partial charge on any atom is -0.433 e. The number of nitro benzene ring substituents is 1. The molecule has 1 atom stereocenters. The van der Waals surface area contributed by atoms with Gasteiger partial charge in [-0.05, 0) is 25.0 Å². The Balaban J connectivity index is 2.97. The molecule has 0 N–H and O–H groups in total. The molecule has 0 aromatic heterocycles. The Bertz CT molecular complexity index is 574. The Kier molecular flexibility index (Phi) is 4.03. The third-order valence-corrected chi connectivity index (χ3v) is 2.43. The van der Waals surface area contributed by atoms with Gasteiger partial charge >= 0.3 is 12.1 Å². The molecule has 0 saturated heterocycles. The third kappa shape index (κ3) is 3.06. The van der Waals surface area contributed by atoms with E-state index in [9.17, 15) is 28.1 Å². The second kappa shape index (κ2) is 5.21. The minimum absolute atomic E-state index is 0.277. The Morgan fingerprint density at radius 1 is 1.35 bits per heavy atom. The number of terminal acetylenes is 1. The van der Waals surface area contributed by atoms with E-state index in [1.165, 1.54) is 5.92 Å². The van der Waals surface area contributed by atoms with E-state index in [1.54, 1.807) is 0 Å². The van der Waals surface area contributed by atoms with Gasteiger partial charge in [-0.3, -0.25) is 10.1 Å². The molecular weight excluding hydrogens is 279 g/mol. The monoisotopic (exact) mass is 287 g/mol. The molecule has 0 heterocycles. The van der Waals surface area contributed by atoms with Crippen molar-refractivity contribution in [1.82, 2.24) is 0 Å². The average molecular weight is 287 g/mol. The Hall–Kier alpha value is -2.56. The quantitative estimate of drug-likeness (QED) is 0.371. The summed E-state index contributed by atoms with van der Waals surface area (Å²) in [6.07, 6.45) is -0.186. The number of benzene rings is 1. The van der Waals surface area contributed by atoms with Gasteiger partial charge in [-0.15, -0.1) is 6.42 Å².